The van der Waals surface area contributed by atoms with Gasteiger partial charge in [0.25, 0.3) is 0 Å². The zero-order chi connectivity index (χ0) is 17.4. The van der Waals surface area contributed by atoms with Gasteiger partial charge in [-0.25, -0.2) is 9.78 Å². The molecule has 2 heterocycles. The summed E-state index contributed by atoms with van der Waals surface area (Å²) in [4.78, 5) is 22.2. The summed E-state index contributed by atoms with van der Waals surface area (Å²) in [7, 11) is 1.77. The lowest BCUT2D eigenvalue weighted by Crippen LogP contribution is -2.50. The molecule has 1 aliphatic heterocycles. The number of hydrogen-bond donors (Lipinski definition) is 2. The molecule has 0 unspecified atom stereocenters. The molecule has 134 valence electrons. The van der Waals surface area contributed by atoms with Gasteiger partial charge in [0.15, 0.2) is 5.96 Å². The molecule has 0 saturated carbocycles. The average Bonchev–Trinajstić information content (AvgIpc) is 3.00. The number of aliphatic imine (C=N–C) groups is 1. The molecule has 0 radical (unpaired) electrons. The lowest BCUT2D eigenvalue weighted by molar-refractivity contribution is 0.0963. The molecule has 0 atom stereocenters. The molecule has 1 fully saturated rings. The normalized spacial score (nSPS) is 16.1. The van der Waals surface area contributed by atoms with Gasteiger partial charge in [0, 0.05) is 44.5 Å². The minimum absolute atomic E-state index is 0.211. The molecule has 1 amide bonds. The van der Waals surface area contributed by atoms with E-state index in [0.717, 1.165) is 42.5 Å². The summed E-state index contributed by atoms with van der Waals surface area (Å²) in [6, 6.07) is 0.323. The van der Waals surface area contributed by atoms with Gasteiger partial charge in [0.1, 0.15) is 0 Å². The van der Waals surface area contributed by atoms with Crippen LogP contribution in [0.4, 0.5) is 4.79 Å². The second-order valence-electron chi connectivity index (χ2n) is 5.71. The van der Waals surface area contributed by atoms with Crippen LogP contribution in [0.3, 0.4) is 0 Å². The van der Waals surface area contributed by atoms with E-state index in [1.807, 2.05) is 13.8 Å². The van der Waals surface area contributed by atoms with E-state index in [0.29, 0.717) is 25.7 Å². The Morgan fingerprint density at radius 3 is 2.83 bits per heavy atom. The molecule has 1 saturated heterocycles. The lowest BCUT2D eigenvalue weighted by atomic mass is 10.1. The summed E-state index contributed by atoms with van der Waals surface area (Å²) in [6.45, 7) is 6.49. The van der Waals surface area contributed by atoms with Crippen LogP contribution in [0, 0.1) is 6.92 Å². The van der Waals surface area contributed by atoms with Crippen molar-refractivity contribution in [3.8, 4) is 0 Å². The number of likely N-dealkylation sites (tertiary alicyclic amines) is 1. The second kappa shape index (κ2) is 9.46. The Labute approximate surface area is 147 Å². The van der Waals surface area contributed by atoms with E-state index in [9.17, 15) is 4.79 Å². The van der Waals surface area contributed by atoms with Crippen LogP contribution in [0.5, 0.6) is 0 Å². The lowest BCUT2D eigenvalue weighted by Gasteiger charge is -2.32. The first kappa shape index (κ1) is 18.5. The fourth-order valence-corrected chi connectivity index (χ4v) is 3.29. The van der Waals surface area contributed by atoms with Gasteiger partial charge in [-0.3, -0.25) is 4.99 Å². The zero-order valence-corrected chi connectivity index (χ0v) is 15.5. The number of carbonyl (C=O) groups is 1. The largest absolute Gasteiger partial charge is 0.450 e. The zero-order valence-electron chi connectivity index (χ0n) is 14.7. The number of thiazole rings is 1. The smallest absolute Gasteiger partial charge is 0.409 e. The number of carbonyl (C=O) groups excluding carboxylic acids is 1. The van der Waals surface area contributed by atoms with Gasteiger partial charge in [-0.15, -0.1) is 11.3 Å². The maximum Gasteiger partial charge on any atom is 0.409 e. The van der Waals surface area contributed by atoms with E-state index < -0.39 is 0 Å². The molecular formula is C16H27N5O2S. The molecular weight excluding hydrogens is 326 g/mol. The van der Waals surface area contributed by atoms with Gasteiger partial charge in [0.2, 0.25) is 0 Å². The van der Waals surface area contributed by atoms with E-state index in [1.165, 1.54) is 0 Å². The molecule has 0 spiro atoms. The summed E-state index contributed by atoms with van der Waals surface area (Å²) in [5.74, 6) is 0.802. The average molecular weight is 353 g/mol. The number of aromatic nitrogens is 1. The van der Waals surface area contributed by atoms with Gasteiger partial charge in [-0.05, 0) is 26.7 Å². The maximum absolute atomic E-state index is 11.7. The van der Waals surface area contributed by atoms with Crippen molar-refractivity contribution in [3.63, 3.8) is 0 Å². The molecule has 1 aromatic heterocycles. The van der Waals surface area contributed by atoms with Crippen LogP contribution in [0.15, 0.2) is 10.4 Å². The first-order chi connectivity index (χ1) is 11.6. The second-order valence-corrected chi connectivity index (χ2v) is 6.77. The predicted molar refractivity (Wildman–Crippen MR) is 96.7 cm³/mol. The highest BCUT2D eigenvalue weighted by molar-refractivity contribution is 7.09. The van der Waals surface area contributed by atoms with Crippen LogP contribution < -0.4 is 10.6 Å². The number of aryl methyl sites for hydroxylation is 1. The van der Waals surface area contributed by atoms with Crippen molar-refractivity contribution in [2.24, 2.45) is 4.99 Å². The summed E-state index contributed by atoms with van der Waals surface area (Å²) >= 11 is 1.68. The van der Waals surface area contributed by atoms with E-state index >= 15 is 0 Å². The van der Waals surface area contributed by atoms with E-state index in [4.69, 9.17) is 4.74 Å². The number of ether oxygens (including phenoxy) is 1. The maximum atomic E-state index is 11.7. The molecule has 0 aromatic carbocycles. The van der Waals surface area contributed by atoms with Gasteiger partial charge in [-0.2, -0.15) is 0 Å². The molecule has 2 rings (SSSR count). The fourth-order valence-electron chi connectivity index (χ4n) is 2.64. The first-order valence-electron chi connectivity index (χ1n) is 8.42. The number of guanidine groups is 1. The topological polar surface area (TPSA) is 78.8 Å². The highest BCUT2D eigenvalue weighted by atomic mass is 32.1. The Kier molecular flexibility index (Phi) is 7.30. The van der Waals surface area contributed by atoms with Crippen molar-refractivity contribution < 1.29 is 9.53 Å². The Morgan fingerprint density at radius 2 is 2.25 bits per heavy atom. The van der Waals surface area contributed by atoms with Gasteiger partial charge < -0.3 is 20.3 Å². The number of rotatable bonds is 5. The van der Waals surface area contributed by atoms with Crippen LogP contribution >= 0.6 is 11.3 Å². The van der Waals surface area contributed by atoms with Crippen molar-refractivity contribution >= 4 is 23.4 Å². The summed E-state index contributed by atoms with van der Waals surface area (Å²) in [6.07, 6.45) is 2.46. The van der Waals surface area contributed by atoms with Gasteiger partial charge >= 0.3 is 6.09 Å². The molecule has 24 heavy (non-hydrogen) atoms. The highest BCUT2D eigenvalue weighted by Gasteiger charge is 2.23. The third kappa shape index (κ3) is 5.67. The minimum Gasteiger partial charge on any atom is -0.450 e. The first-order valence-corrected chi connectivity index (χ1v) is 9.30. The quantitative estimate of drug-likeness (QED) is 0.623. The van der Waals surface area contributed by atoms with Crippen LogP contribution in [-0.2, 0) is 11.2 Å². The number of piperidine rings is 1. The van der Waals surface area contributed by atoms with Crippen molar-refractivity contribution in [1.29, 1.82) is 0 Å². The predicted octanol–water partition coefficient (Wildman–Crippen LogP) is 1.78. The fraction of sp³-hybridized carbons (Fsp3) is 0.688. The van der Waals surface area contributed by atoms with Crippen molar-refractivity contribution in [1.82, 2.24) is 20.5 Å². The Hall–Kier alpha value is -1.83. The van der Waals surface area contributed by atoms with Crippen LogP contribution in [-0.4, -0.2) is 61.3 Å². The van der Waals surface area contributed by atoms with Gasteiger partial charge in [-0.1, -0.05) is 0 Å². The summed E-state index contributed by atoms with van der Waals surface area (Å²) in [5, 5.41) is 9.95. The van der Waals surface area contributed by atoms with Crippen LogP contribution in [0.25, 0.3) is 0 Å². The summed E-state index contributed by atoms with van der Waals surface area (Å²) in [5.41, 5.74) is 1.11. The third-order valence-corrected chi connectivity index (χ3v) is 4.75. The minimum atomic E-state index is -0.211. The van der Waals surface area contributed by atoms with Crippen molar-refractivity contribution in [2.75, 3.05) is 33.3 Å². The number of hydrogen-bond acceptors (Lipinski definition) is 5. The van der Waals surface area contributed by atoms with E-state index in [2.05, 4.69) is 26.0 Å². The monoisotopic (exact) mass is 353 g/mol. The summed E-state index contributed by atoms with van der Waals surface area (Å²) < 4.78 is 5.04. The Morgan fingerprint density at radius 1 is 1.50 bits per heavy atom. The van der Waals surface area contributed by atoms with Crippen molar-refractivity contribution in [3.05, 3.63) is 16.1 Å². The van der Waals surface area contributed by atoms with E-state index in [-0.39, 0.29) is 6.09 Å². The molecule has 7 nitrogen and oxygen atoms in total. The number of nitrogens with zero attached hydrogens (tertiary/aromatic N) is 3. The van der Waals surface area contributed by atoms with Crippen LogP contribution in [0.2, 0.25) is 0 Å². The Balaban J connectivity index is 1.69. The van der Waals surface area contributed by atoms with Crippen molar-refractivity contribution in [2.45, 2.75) is 39.2 Å². The molecule has 2 N–H and O–H groups in total. The Bertz CT molecular complexity index is 552. The molecule has 1 aromatic rings. The highest BCUT2D eigenvalue weighted by Crippen LogP contribution is 2.11. The molecule has 1 aliphatic rings. The van der Waals surface area contributed by atoms with Gasteiger partial charge in [0.05, 0.1) is 17.3 Å². The molecule has 8 heteroatoms. The van der Waals surface area contributed by atoms with E-state index in [1.54, 1.807) is 23.3 Å². The molecule has 0 aliphatic carbocycles. The molecule has 0 bridgehead atoms. The standard InChI is InChI=1S/C16H27N5O2S/c1-4-23-16(22)21-9-6-13(7-10-21)20-15(17-3)18-8-5-14-11-24-12(2)19-14/h11,13H,4-10H2,1-3H3,(H2,17,18,20). The number of nitrogens with one attached hydrogen (secondary N) is 2. The van der Waals surface area contributed by atoms with Crippen LogP contribution in [0.1, 0.15) is 30.5 Å². The SMILES string of the molecule is CCOC(=O)N1CCC(NC(=NC)NCCc2csc(C)n2)CC1. The third-order valence-electron chi connectivity index (χ3n) is 3.93. The number of amides is 1.